The number of benzene rings is 1. The van der Waals surface area contributed by atoms with Crippen molar-refractivity contribution in [3.8, 4) is 6.07 Å². The molecule has 0 spiro atoms. The molecule has 0 N–H and O–H groups in total. The molecular formula is C19H20N2O4. The second-order valence-electron chi connectivity index (χ2n) is 6.34. The van der Waals surface area contributed by atoms with Crippen LogP contribution in [0.15, 0.2) is 36.0 Å². The van der Waals surface area contributed by atoms with Crippen molar-refractivity contribution in [2.24, 2.45) is 0 Å². The first-order valence-electron chi connectivity index (χ1n) is 7.89. The zero-order valence-electron chi connectivity index (χ0n) is 14.7. The Bertz CT molecular complexity index is 879. The Morgan fingerprint density at radius 2 is 1.96 bits per heavy atom. The molecule has 0 bridgehead atoms. The van der Waals surface area contributed by atoms with Crippen molar-refractivity contribution in [1.82, 2.24) is 4.57 Å². The van der Waals surface area contributed by atoms with E-state index in [2.05, 4.69) is 0 Å². The minimum atomic E-state index is -0.695. The maximum absolute atomic E-state index is 12.4. The summed E-state index contributed by atoms with van der Waals surface area (Å²) in [6, 6.07) is 9.03. The summed E-state index contributed by atoms with van der Waals surface area (Å²) in [5, 5.41) is 9.93. The van der Waals surface area contributed by atoms with Gasteiger partial charge >= 0.3 is 12.1 Å². The minimum Gasteiger partial charge on any atom is -0.462 e. The predicted octanol–water partition coefficient (Wildman–Crippen LogP) is 3.89. The van der Waals surface area contributed by atoms with Crippen molar-refractivity contribution in [3.05, 3.63) is 41.6 Å². The van der Waals surface area contributed by atoms with Crippen molar-refractivity contribution in [2.75, 3.05) is 6.61 Å². The molecule has 0 aliphatic heterocycles. The number of ether oxygens (including phenoxy) is 2. The van der Waals surface area contributed by atoms with Gasteiger partial charge in [-0.05, 0) is 39.8 Å². The van der Waals surface area contributed by atoms with E-state index < -0.39 is 17.7 Å². The van der Waals surface area contributed by atoms with Gasteiger partial charge in [0.05, 0.1) is 12.1 Å². The number of nitriles is 1. The molecule has 0 aliphatic rings. The number of nitrogens with zero attached hydrogens (tertiary/aromatic N) is 2. The molecule has 0 atom stereocenters. The van der Waals surface area contributed by atoms with Crippen LogP contribution in [-0.2, 0) is 14.3 Å². The van der Waals surface area contributed by atoms with Crippen molar-refractivity contribution in [3.63, 3.8) is 0 Å². The highest BCUT2D eigenvalue weighted by Gasteiger charge is 2.21. The highest BCUT2D eigenvalue weighted by molar-refractivity contribution is 6.02. The van der Waals surface area contributed by atoms with E-state index in [1.807, 2.05) is 18.2 Å². The average molecular weight is 340 g/mol. The summed E-state index contributed by atoms with van der Waals surface area (Å²) in [5.74, 6) is -0.695. The van der Waals surface area contributed by atoms with Crippen molar-refractivity contribution in [1.29, 1.82) is 5.26 Å². The van der Waals surface area contributed by atoms with Gasteiger partial charge in [-0.1, -0.05) is 18.2 Å². The monoisotopic (exact) mass is 340 g/mol. The van der Waals surface area contributed by atoms with E-state index in [0.717, 1.165) is 5.39 Å². The van der Waals surface area contributed by atoms with Crippen LogP contribution in [0.4, 0.5) is 4.79 Å². The number of esters is 1. The number of fused-ring (bicyclic) bond motifs is 1. The van der Waals surface area contributed by atoms with Crippen LogP contribution in [-0.4, -0.2) is 28.8 Å². The maximum atomic E-state index is 12.4. The van der Waals surface area contributed by atoms with Crippen LogP contribution in [0, 0.1) is 11.3 Å². The first kappa shape index (κ1) is 18.3. The molecule has 0 radical (unpaired) electrons. The molecule has 6 heteroatoms. The van der Waals surface area contributed by atoms with Gasteiger partial charge in [-0.2, -0.15) is 5.26 Å². The van der Waals surface area contributed by atoms with E-state index in [1.165, 1.54) is 10.6 Å². The molecule has 130 valence electrons. The summed E-state index contributed by atoms with van der Waals surface area (Å²) in [6.45, 7) is 7.20. The number of hydrogen-bond acceptors (Lipinski definition) is 5. The molecule has 2 aromatic rings. The molecule has 25 heavy (non-hydrogen) atoms. The van der Waals surface area contributed by atoms with E-state index in [9.17, 15) is 14.9 Å². The summed E-state index contributed by atoms with van der Waals surface area (Å²) < 4.78 is 11.6. The molecule has 0 aliphatic carbocycles. The third-order valence-electron chi connectivity index (χ3n) is 3.25. The number of rotatable bonds is 3. The van der Waals surface area contributed by atoms with Gasteiger partial charge in [0.25, 0.3) is 0 Å². The summed E-state index contributed by atoms with van der Waals surface area (Å²) in [4.78, 5) is 24.3. The number of hydrogen-bond donors (Lipinski definition) is 0. The lowest BCUT2D eigenvalue weighted by atomic mass is 10.1. The van der Waals surface area contributed by atoms with Gasteiger partial charge in [0.15, 0.2) is 0 Å². The Morgan fingerprint density at radius 1 is 1.28 bits per heavy atom. The fourth-order valence-electron chi connectivity index (χ4n) is 2.28. The molecule has 6 nitrogen and oxygen atoms in total. The molecule has 0 saturated heterocycles. The summed E-state index contributed by atoms with van der Waals surface area (Å²) >= 11 is 0. The minimum absolute atomic E-state index is 0.131. The lowest BCUT2D eigenvalue weighted by molar-refractivity contribution is -0.137. The van der Waals surface area contributed by atoms with Crippen LogP contribution in [0.2, 0.25) is 0 Å². The zero-order valence-corrected chi connectivity index (χ0v) is 14.7. The molecule has 2 rings (SSSR count). The van der Waals surface area contributed by atoms with Gasteiger partial charge in [-0.3, -0.25) is 4.57 Å². The highest BCUT2D eigenvalue weighted by Crippen LogP contribution is 2.25. The molecule has 1 heterocycles. The third-order valence-corrected chi connectivity index (χ3v) is 3.25. The van der Waals surface area contributed by atoms with Crippen LogP contribution < -0.4 is 0 Å². The molecule has 1 aromatic carbocycles. The van der Waals surface area contributed by atoms with E-state index in [-0.39, 0.29) is 12.2 Å². The Morgan fingerprint density at radius 3 is 2.56 bits per heavy atom. The second-order valence-corrected chi connectivity index (χ2v) is 6.34. The van der Waals surface area contributed by atoms with Crippen LogP contribution in [0.3, 0.4) is 0 Å². The summed E-state index contributed by atoms with van der Waals surface area (Å²) in [5.41, 5.74) is 0.422. The third kappa shape index (κ3) is 4.27. The number of carbonyl (C=O) groups excluding carboxylic acids is 2. The van der Waals surface area contributed by atoms with Crippen LogP contribution >= 0.6 is 0 Å². The number of aromatic nitrogens is 1. The Labute approximate surface area is 146 Å². The fourth-order valence-corrected chi connectivity index (χ4v) is 2.28. The van der Waals surface area contributed by atoms with Crippen LogP contribution in [0.5, 0.6) is 0 Å². The van der Waals surface area contributed by atoms with Gasteiger partial charge in [0.1, 0.15) is 17.2 Å². The Kier molecular flexibility index (Phi) is 5.28. The van der Waals surface area contributed by atoms with Crippen LogP contribution in [0.1, 0.15) is 33.3 Å². The first-order chi connectivity index (χ1) is 11.8. The predicted molar refractivity (Wildman–Crippen MR) is 93.8 cm³/mol. The number of para-hydroxylation sites is 1. The van der Waals surface area contributed by atoms with E-state index in [4.69, 9.17) is 9.47 Å². The Hall–Kier alpha value is -3.07. The normalized spacial score (nSPS) is 11.9. The molecule has 0 amide bonds. The van der Waals surface area contributed by atoms with Gasteiger partial charge in [-0.15, -0.1) is 0 Å². The van der Waals surface area contributed by atoms with Gasteiger partial charge < -0.3 is 9.47 Å². The molecule has 0 fully saturated rings. The standard InChI is InChI=1S/C19H20N2O4/c1-5-24-17(22)13(11-20)10-14-12-21(18(23)25-19(2,3)4)16-9-7-6-8-15(14)16/h6-10,12H,5H2,1-4H3/b13-10-. The second kappa shape index (κ2) is 7.22. The SMILES string of the molecule is CCOC(=O)/C(C#N)=C\c1cn(C(=O)OC(C)(C)C)c2ccccc12. The largest absolute Gasteiger partial charge is 0.462 e. The lowest BCUT2D eigenvalue weighted by Gasteiger charge is -2.19. The average Bonchev–Trinajstić information content (AvgIpc) is 2.90. The molecule has 0 unspecified atom stereocenters. The maximum Gasteiger partial charge on any atom is 0.419 e. The molecule has 0 saturated carbocycles. The summed E-state index contributed by atoms with van der Waals surface area (Å²) in [6.07, 6.45) is 2.44. The van der Waals surface area contributed by atoms with Crippen molar-refractivity contribution < 1.29 is 19.1 Å². The van der Waals surface area contributed by atoms with Gasteiger partial charge in [0.2, 0.25) is 0 Å². The van der Waals surface area contributed by atoms with Crippen molar-refractivity contribution >= 4 is 29.0 Å². The van der Waals surface area contributed by atoms with Gasteiger partial charge in [0, 0.05) is 17.1 Å². The smallest absolute Gasteiger partial charge is 0.419 e. The lowest BCUT2D eigenvalue weighted by Crippen LogP contribution is -2.26. The molecular weight excluding hydrogens is 320 g/mol. The quantitative estimate of drug-likeness (QED) is 0.481. The fraction of sp³-hybridized carbons (Fsp3) is 0.316. The molecule has 1 aromatic heterocycles. The van der Waals surface area contributed by atoms with E-state index in [1.54, 1.807) is 46.0 Å². The topological polar surface area (TPSA) is 81.3 Å². The van der Waals surface area contributed by atoms with E-state index in [0.29, 0.717) is 11.1 Å². The zero-order chi connectivity index (χ0) is 18.6. The van der Waals surface area contributed by atoms with E-state index >= 15 is 0 Å². The number of carbonyl (C=O) groups is 2. The van der Waals surface area contributed by atoms with Gasteiger partial charge in [-0.25, -0.2) is 9.59 Å². The van der Waals surface area contributed by atoms with Crippen LogP contribution in [0.25, 0.3) is 17.0 Å². The van der Waals surface area contributed by atoms with Crippen molar-refractivity contribution in [2.45, 2.75) is 33.3 Å². The highest BCUT2D eigenvalue weighted by atomic mass is 16.6. The summed E-state index contributed by atoms with van der Waals surface area (Å²) in [7, 11) is 0. The first-order valence-corrected chi connectivity index (χ1v) is 7.89. The Balaban J connectivity index is 2.54.